The molecule has 1 aliphatic heterocycles. The van der Waals surface area contributed by atoms with Crippen LogP contribution in [0.5, 0.6) is 0 Å². The highest BCUT2D eigenvalue weighted by Gasteiger charge is 2.16. The Balaban J connectivity index is 1.81. The minimum Gasteiger partial charge on any atom is -0.376 e. The number of carbonyl (C=O) groups is 1. The normalized spacial score (nSPS) is 18.9. The molecule has 1 amide bonds. The summed E-state index contributed by atoms with van der Waals surface area (Å²) in [7, 11) is 0. The van der Waals surface area contributed by atoms with Gasteiger partial charge in [0, 0.05) is 13.1 Å². The molecular formula is C12H18N4O3. The molecule has 2 N–H and O–H groups in total. The van der Waals surface area contributed by atoms with Gasteiger partial charge in [-0.2, -0.15) is 0 Å². The van der Waals surface area contributed by atoms with E-state index < -0.39 is 0 Å². The van der Waals surface area contributed by atoms with E-state index in [0.717, 1.165) is 6.54 Å². The third-order valence-corrected chi connectivity index (χ3v) is 2.62. The number of aromatic nitrogens is 2. The molecule has 2 heterocycles. The molecule has 0 radical (unpaired) electrons. The highest BCUT2D eigenvalue weighted by Crippen LogP contribution is 2.02. The van der Waals surface area contributed by atoms with Crippen molar-refractivity contribution in [2.24, 2.45) is 0 Å². The molecule has 2 rings (SSSR count). The summed E-state index contributed by atoms with van der Waals surface area (Å²) in [5, 5.41) is 5.77. The Morgan fingerprint density at radius 2 is 2.32 bits per heavy atom. The van der Waals surface area contributed by atoms with Crippen molar-refractivity contribution in [1.82, 2.24) is 15.3 Å². The molecular weight excluding hydrogens is 248 g/mol. The molecule has 0 bridgehead atoms. The van der Waals surface area contributed by atoms with E-state index in [1.807, 2.05) is 6.92 Å². The Bertz CT molecular complexity index is 404. The summed E-state index contributed by atoms with van der Waals surface area (Å²) in [6.07, 6.45) is 2.90. The average Bonchev–Trinajstić information content (AvgIpc) is 2.47. The van der Waals surface area contributed by atoms with Gasteiger partial charge in [-0.05, 0) is 6.92 Å². The van der Waals surface area contributed by atoms with Crippen LogP contribution < -0.4 is 10.6 Å². The average molecular weight is 266 g/mol. The second-order valence-corrected chi connectivity index (χ2v) is 4.09. The van der Waals surface area contributed by atoms with E-state index >= 15 is 0 Å². The van der Waals surface area contributed by atoms with Gasteiger partial charge in [-0.25, -0.2) is 9.97 Å². The van der Waals surface area contributed by atoms with Gasteiger partial charge in [-0.1, -0.05) is 0 Å². The lowest BCUT2D eigenvalue weighted by molar-refractivity contribution is -0.0855. The fraction of sp³-hybridized carbons (Fsp3) is 0.583. The zero-order chi connectivity index (χ0) is 13.5. The molecule has 0 aliphatic carbocycles. The molecule has 0 spiro atoms. The first kappa shape index (κ1) is 13.7. The first-order valence-electron chi connectivity index (χ1n) is 6.33. The second kappa shape index (κ2) is 7.01. The summed E-state index contributed by atoms with van der Waals surface area (Å²) in [5.41, 5.74) is 0.290. The number of carbonyl (C=O) groups excluding carboxylic acids is 1. The third-order valence-electron chi connectivity index (χ3n) is 2.62. The molecule has 1 saturated heterocycles. The van der Waals surface area contributed by atoms with E-state index in [0.29, 0.717) is 37.9 Å². The van der Waals surface area contributed by atoms with Crippen molar-refractivity contribution in [3.8, 4) is 0 Å². The number of amides is 1. The van der Waals surface area contributed by atoms with Crippen LogP contribution >= 0.6 is 0 Å². The maximum atomic E-state index is 11.8. The molecule has 1 aromatic rings. The quantitative estimate of drug-likeness (QED) is 0.783. The third kappa shape index (κ3) is 4.15. The van der Waals surface area contributed by atoms with Gasteiger partial charge >= 0.3 is 0 Å². The zero-order valence-corrected chi connectivity index (χ0v) is 10.9. The Morgan fingerprint density at radius 1 is 1.42 bits per heavy atom. The lowest BCUT2D eigenvalue weighted by Gasteiger charge is -2.22. The Labute approximate surface area is 111 Å². The van der Waals surface area contributed by atoms with Crippen LogP contribution in [0.3, 0.4) is 0 Å². The molecule has 104 valence electrons. The van der Waals surface area contributed by atoms with Crippen molar-refractivity contribution in [3.05, 3.63) is 18.1 Å². The molecule has 1 atom stereocenters. The summed E-state index contributed by atoms with van der Waals surface area (Å²) < 4.78 is 10.7. The van der Waals surface area contributed by atoms with E-state index in [1.165, 1.54) is 6.20 Å². The predicted octanol–water partition coefficient (Wildman–Crippen LogP) is 0.0536. The number of rotatable bonds is 5. The van der Waals surface area contributed by atoms with Crippen LogP contribution in [0.15, 0.2) is 12.4 Å². The van der Waals surface area contributed by atoms with Crippen molar-refractivity contribution in [3.63, 3.8) is 0 Å². The lowest BCUT2D eigenvalue weighted by Crippen LogP contribution is -2.39. The summed E-state index contributed by atoms with van der Waals surface area (Å²) in [6.45, 7) is 4.83. The van der Waals surface area contributed by atoms with Crippen LogP contribution in [0, 0.1) is 0 Å². The first-order valence-corrected chi connectivity index (χ1v) is 6.33. The summed E-state index contributed by atoms with van der Waals surface area (Å²) in [6, 6.07) is 0. The number of hydrogen-bond acceptors (Lipinski definition) is 6. The minimum absolute atomic E-state index is 0.0910. The van der Waals surface area contributed by atoms with Crippen LogP contribution in [0.25, 0.3) is 0 Å². The van der Waals surface area contributed by atoms with E-state index in [-0.39, 0.29) is 12.0 Å². The largest absolute Gasteiger partial charge is 0.376 e. The lowest BCUT2D eigenvalue weighted by atomic mass is 10.3. The molecule has 19 heavy (non-hydrogen) atoms. The summed E-state index contributed by atoms with van der Waals surface area (Å²) in [5.74, 6) is 0.396. The van der Waals surface area contributed by atoms with Crippen molar-refractivity contribution in [2.45, 2.75) is 13.0 Å². The minimum atomic E-state index is -0.260. The van der Waals surface area contributed by atoms with Gasteiger partial charge in [0.05, 0.1) is 38.3 Å². The SMILES string of the molecule is CCNc1cnc(C(=O)NCC2COCCO2)cn1. The number of nitrogens with one attached hydrogen (secondary N) is 2. The molecule has 7 nitrogen and oxygen atoms in total. The zero-order valence-electron chi connectivity index (χ0n) is 10.9. The number of ether oxygens (including phenoxy) is 2. The number of hydrogen-bond donors (Lipinski definition) is 2. The molecule has 0 aromatic carbocycles. The van der Waals surface area contributed by atoms with Gasteiger partial charge in [0.15, 0.2) is 0 Å². The maximum Gasteiger partial charge on any atom is 0.271 e. The maximum absolute atomic E-state index is 11.8. The summed E-state index contributed by atoms with van der Waals surface area (Å²) >= 11 is 0. The highest BCUT2D eigenvalue weighted by molar-refractivity contribution is 5.92. The van der Waals surface area contributed by atoms with Gasteiger partial charge in [-0.3, -0.25) is 4.79 Å². The molecule has 1 unspecified atom stereocenters. The van der Waals surface area contributed by atoms with E-state index in [1.54, 1.807) is 6.20 Å². The van der Waals surface area contributed by atoms with Gasteiger partial charge in [0.25, 0.3) is 5.91 Å². The number of nitrogens with zero attached hydrogens (tertiary/aromatic N) is 2. The van der Waals surface area contributed by atoms with Crippen LogP contribution in [0.4, 0.5) is 5.82 Å². The Kier molecular flexibility index (Phi) is 5.05. The van der Waals surface area contributed by atoms with E-state index in [2.05, 4.69) is 20.6 Å². The van der Waals surface area contributed by atoms with Crippen molar-refractivity contribution >= 4 is 11.7 Å². The van der Waals surface area contributed by atoms with Crippen LogP contribution in [0.1, 0.15) is 17.4 Å². The first-order chi connectivity index (χ1) is 9.29. The Morgan fingerprint density at radius 3 is 2.95 bits per heavy atom. The van der Waals surface area contributed by atoms with Gasteiger partial charge in [-0.15, -0.1) is 0 Å². The smallest absolute Gasteiger partial charge is 0.271 e. The fourth-order valence-electron chi connectivity index (χ4n) is 1.67. The van der Waals surface area contributed by atoms with E-state index in [9.17, 15) is 4.79 Å². The van der Waals surface area contributed by atoms with Crippen molar-refractivity contribution in [1.29, 1.82) is 0 Å². The van der Waals surface area contributed by atoms with Gasteiger partial charge < -0.3 is 20.1 Å². The van der Waals surface area contributed by atoms with Crippen LogP contribution in [-0.4, -0.2) is 54.9 Å². The fourth-order valence-corrected chi connectivity index (χ4v) is 1.67. The molecule has 1 fully saturated rings. The van der Waals surface area contributed by atoms with Gasteiger partial charge in [0.2, 0.25) is 0 Å². The summed E-state index contributed by atoms with van der Waals surface area (Å²) in [4.78, 5) is 20.0. The Hall–Kier alpha value is -1.73. The standard InChI is InChI=1S/C12H18N4O3/c1-2-13-11-7-14-10(6-15-11)12(17)16-5-9-8-18-3-4-19-9/h6-7,9H,2-5,8H2,1H3,(H,13,15)(H,16,17). The molecule has 1 aromatic heterocycles. The second-order valence-electron chi connectivity index (χ2n) is 4.09. The molecule has 7 heteroatoms. The predicted molar refractivity (Wildman–Crippen MR) is 69.1 cm³/mol. The van der Waals surface area contributed by atoms with Crippen molar-refractivity contribution < 1.29 is 14.3 Å². The van der Waals surface area contributed by atoms with Crippen LogP contribution in [0.2, 0.25) is 0 Å². The highest BCUT2D eigenvalue weighted by atomic mass is 16.6. The molecule has 0 saturated carbocycles. The van der Waals surface area contributed by atoms with Crippen LogP contribution in [-0.2, 0) is 9.47 Å². The topological polar surface area (TPSA) is 85.4 Å². The monoisotopic (exact) mass is 266 g/mol. The molecule has 1 aliphatic rings. The van der Waals surface area contributed by atoms with Crippen molar-refractivity contribution in [2.75, 3.05) is 38.2 Å². The van der Waals surface area contributed by atoms with E-state index in [4.69, 9.17) is 9.47 Å². The van der Waals surface area contributed by atoms with Gasteiger partial charge in [0.1, 0.15) is 11.5 Å². The number of anilines is 1.